The molecule has 29 heavy (non-hydrogen) atoms. The minimum atomic E-state index is -0.492. The average molecular weight is 466 g/mol. The molecule has 2 aliphatic rings. The van der Waals surface area contributed by atoms with Gasteiger partial charge < -0.3 is 19.5 Å². The first kappa shape index (κ1) is 20.5. The first-order valence-corrected chi connectivity index (χ1v) is 11.0. The fourth-order valence-electron chi connectivity index (χ4n) is 3.76. The largest absolute Gasteiger partial charge is 0.489 e. The van der Waals surface area contributed by atoms with E-state index in [2.05, 4.69) is 32.4 Å². The molecule has 1 aromatic heterocycles. The Morgan fingerprint density at radius 2 is 2.10 bits per heavy atom. The minimum absolute atomic E-state index is 0.0190. The number of ether oxygens (including phenoxy) is 3. The van der Waals surface area contributed by atoms with E-state index in [1.807, 2.05) is 37.7 Å². The molecule has 7 nitrogen and oxygen atoms in total. The number of hydrogen-bond donors (Lipinski definition) is 1. The maximum atomic E-state index is 11.9. The van der Waals surface area contributed by atoms with Crippen molar-refractivity contribution in [1.29, 1.82) is 0 Å². The van der Waals surface area contributed by atoms with Crippen molar-refractivity contribution in [3.63, 3.8) is 0 Å². The van der Waals surface area contributed by atoms with Gasteiger partial charge >= 0.3 is 6.09 Å². The van der Waals surface area contributed by atoms with E-state index < -0.39 is 5.60 Å². The molecule has 1 aliphatic heterocycles. The number of halogens is 1. The molecule has 1 saturated carbocycles. The number of benzene rings is 1. The van der Waals surface area contributed by atoms with Gasteiger partial charge in [-0.25, -0.2) is 9.48 Å². The summed E-state index contributed by atoms with van der Waals surface area (Å²) in [5, 5.41) is 8.46. The van der Waals surface area contributed by atoms with Crippen LogP contribution in [0, 0.1) is 0 Å². The van der Waals surface area contributed by atoms with E-state index in [0.29, 0.717) is 0 Å². The van der Waals surface area contributed by atoms with Gasteiger partial charge in [-0.15, -0.1) is 0 Å². The van der Waals surface area contributed by atoms with E-state index in [4.69, 9.17) is 14.2 Å². The van der Waals surface area contributed by atoms with Gasteiger partial charge in [-0.1, -0.05) is 15.9 Å². The van der Waals surface area contributed by atoms with Gasteiger partial charge in [-0.05, 0) is 52.2 Å². The third-order valence-electron chi connectivity index (χ3n) is 5.18. The van der Waals surface area contributed by atoms with E-state index in [1.54, 1.807) is 0 Å². The first-order chi connectivity index (χ1) is 13.8. The Balaban J connectivity index is 1.40. The summed E-state index contributed by atoms with van der Waals surface area (Å²) in [6.45, 7) is 6.35. The lowest BCUT2D eigenvalue weighted by molar-refractivity contribution is -0.0366. The number of amides is 1. The van der Waals surface area contributed by atoms with Crippen LogP contribution in [0.5, 0.6) is 5.75 Å². The number of alkyl carbamates (subject to hydrolysis) is 1. The summed E-state index contributed by atoms with van der Waals surface area (Å²) in [6.07, 6.45) is 6.26. The van der Waals surface area contributed by atoms with Crippen LogP contribution < -0.4 is 10.1 Å². The van der Waals surface area contributed by atoms with Crippen molar-refractivity contribution in [2.24, 2.45) is 0 Å². The smallest absolute Gasteiger partial charge is 0.407 e. The molecular weight excluding hydrogens is 438 g/mol. The highest BCUT2D eigenvalue weighted by Gasteiger charge is 2.34. The predicted octanol–water partition coefficient (Wildman–Crippen LogP) is 4.93. The maximum absolute atomic E-state index is 11.9. The molecule has 0 bridgehead atoms. The molecule has 8 heteroatoms. The van der Waals surface area contributed by atoms with Gasteiger partial charge in [0.2, 0.25) is 0 Å². The Hall–Kier alpha value is -1.80. The van der Waals surface area contributed by atoms with Crippen molar-refractivity contribution in [3.05, 3.63) is 22.8 Å². The number of carbonyl (C=O) groups excluding carboxylic acids is 1. The average Bonchev–Trinajstić information content (AvgIpc) is 3.02. The van der Waals surface area contributed by atoms with E-state index in [0.717, 1.165) is 59.8 Å². The summed E-state index contributed by atoms with van der Waals surface area (Å²) in [4.78, 5) is 11.9. The number of carbonyl (C=O) groups is 1. The van der Waals surface area contributed by atoms with Crippen LogP contribution in [0.25, 0.3) is 10.9 Å². The highest BCUT2D eigenvalue weighted by Crippen LogP contribution is 2.36. The zero-order chi connectivity index (χ0) is 20.6. The van der Waals surface area contributed by atoms with Gasteiger partial charge in [-0.3, -0.25) is 0 Å². The van der Waals surface area contributed by atoms with Crippen LogP contribution in [0.15, 0.2) is 22.8 Å². The highest BCUT2D eigenvalue weighted by atomic mass is 79.9. The van der Waals surface area contributed by atoms with E-state index >= 15 is 0 Å². The van der Waals surface area contributed by atoms with Crippen LogP contribution in [0.2, 0.25) is 0 Å². The summed E-state index contributed by atoms with van der Waals surface area (Å²) >= 11 is 3.59. The summed E-state index contributed by atoms with van der Waals surface area (Å²) < 4.78 is 20.4. The number of nitrogens with one attached hydrogen (secondary N) is 1. The molecule has 1 amide bonds. The Bertz CT molecular complexity index is 880. The second kappa shape index (κ2) is 8.14. The number of nitrogens with zero attached hydrogens (tertiary/aromatic N) is 2. The topological polar surface area (TPSA) is 74.6 Å². The molecule has 4 rings (SSSR count). The fraction of sp³-hybridized carbons (Fsp3) is 0.619. The number of hydrogen-bond acceptors (Lipinski definition) is 5. The van der Waals surface area contributed by atoms with Crippen molar-refractivity contribution in [3.8, 4) is 5.75 Å². The first-order valence-electron chi connectivity index (χ1n) is 10.2. The van der Waals surface area contributed by atoms with Gasteiger partial charge in [0.25, 0.3) is 0 Å². The van der Waals surface area contributed by atoms with Crippen LogP contribution in [0.3, 0.4) is 0 Å². The number of fused-ring (bicyclic) bond motifs is 1. The highest BCUT2D eigenvalue weighted by molar-refractivity contribution is 9.10. The predicted molar refractivity (Wildman–Crippen MR) is 113 cm³/mol. The van der Waals surface area contributed by atoms with Gasteiger partial charge in [0.1, 0.15) is 17.5 Å². The van der Waals surface area contributed by atoms with E-state index in [1.165, 1.54) is 0 Å². The Morgan fingerprint density at radius 3 is 2.79 bits per heavy atom. The summed E-state index contributed by atoms with van der Waals surface area (Å²) in [5.41, 5.74) is 0.512. The molecule has 0 spiro atoms. The van der Waals surface area contributed by atoms with Crippen LogP contribution in [0.1, 0.15) is 59.1 Å². The lowest BCUT2D eigenvalue weighted by Gasteiger charge is -2.36. The summed E-state index contributed by atoms with van der Waals surface area (Å²) in [6, 6.07) is 4.11. The lowest BCUT2D eigenvalue weighted by atomic mass is 9.89. The molecule has 1 saturated heterocycles. The summed E-state index contributed by atoms with van der Waals surface area (Å²) in [5.74, 6) is 0.803. The zero-order valence-electron chi connectivity index (χ0n) is 17.1. The van der Waals surface area contributed by atoms with Crippen molar-refractivity contribution in [2.45, 2.75) is 76.9 Å². The van der Waals surface area contributed by atoms with Crippen molar-refractivity contribution < 1.29 is 19.0 Å². The monoisotopic (exact) mass is 465 g/mol. The Morgan fingerprint density at radius 1 is 1.31 bits per heavy atom. The quantitative estimate of drug-likeness (QED) is 0.692. The third kappa shape index (κ3) is 4.86. The molecule has 2 heterocycles. The van der Waals surface area contributed by atoms with Crippen molar-refractivity contribution in [1.82, 2.24) is 15.1 Å². The van der Waals surface area contributed by atoms with Gasteiger partial charge in [0.15, 0.2) is 6.23 Å². The second-order valence-corrected chi connectivity index (χ2v) is 9.72. The molecule has 0 radical (unpaired) electrons. The van der Waals surface area contributed by atoms with Crippen LogP contribution in [0.4, 0.5) is 4.79 Å². The second-order valence-electron chi connectivity index (χ2n) is 8.80. The number of aromatic nitrogens is 2. The molecule has 1 atom stereocenters. The molecule has 2 aromatic rings. The van der Waals surface area contributed by atoms with E-state index in [9.17, 15) is 4.79 Å². The van der Waals surface area contributed by atoms with Crippen molar-refractivity contribution in [2.75, 3.05) is 6.61 Å². The molecule has 2 fully saturated rings. The minimum Gasteiger partial charge on any atom is -0.489 e. The maximum Gasteiger partial charge on any atom is 0.407 e. The van der Waals surface area contributed by atoms with Gasteiger partial charge in [0, 0.05) is 30.0 Å². The molecular formula is C21H28BrN3O4. The Kier molecular flexibility index (Phi) is 5.75. The SMILES string of the molecule is CC(C)(C)OC(=O)N[C@H]1C[C@H](Oc2cc(Br)cc3c2cnn3C2CCCCO2)C1. The van der Waals surface area contributed by atoms with Gasteiger partial charge in [-0.2, -0.15) is 5.10 Å². The normalized spacial score (nSPS) is 24.8. The fourth-order valence-corrected chi connectivity index (χ4v) is 4.18. The van der Waals surface area contributed by atoms with Crippen LogP contribution in [-0.2, 0) is 9.47 Å². The van der Waals surface area contributed by atoms with Crippen LogP contribution >= 0.6 is 15.9 Å². The standard InChI is InChI=1S/C21H28BrN3O4/c1-21(2,3)29-20(26)24-14-10-15(11-14)28-18-9-13(22)8-17-16(18)12-23-25(17)19-6-4-5-7-27-19/h8-9,12,14-15,19H,4-7,10-11H2,1-3H3,(H,24,26)/t14-,15-,19?. The van der Waals surface area contributed by atoms with Crippen molar-refractivity contribution >= 4 is 32.9 Å². The molecule has 1 unspecified atom stereocenters. The lowest BCUT2D eigenvalue weighted by Crippen LogP contribution is -2.50. The van der Waals surface area contributed by atoms with E-state index in [-0.39, 0.29) is 24.5 Å². The molecule has 158 valence electrons. The van der Waals surface area contributed by atoms with Crippen LogP contribution in [-0.4, -0.2) is 40.2 Å². The molecule has 1 aliphatic carbocycles. The number of rotatable bonds is 4. The van der Waals surface area contributed by atoms with Gasteiger partial charge in [0.05, 0.1) is 17.1 Å². The summed E-state index contributed by atoms with van der Waals surface area (Å²) in [7, 11) is 0. The zero-order valence-corrected chi connectivity index (χ0v) is 18.7. The molecule has 1 aromatic carbocycles. The Labute approximate surface area is 179 Å². The third-order valence-corrected chi connectivity index (χ3v) is 5.64. The molecule has 1 N–H and O–H groups in total.